The molecule has 1 unspecified atom stereocenters. The summed E-state index contributed by atoms with van der Waals surface area (Å²) >= 11 is 0. The van der Waals surface area contributed by atoms with Gasteiger partial charge in [-0.2, -0.15) is 0 Å². The Morgan fingerprint density at radius 2 is 1.79 bits per heavy atom. The number of nitrogens with zero attached hydrogens (tertiary/aromatic N) is 1. The average Bonchev–Trinajstić information content (AvgIpc) is 3.06. The van der Waals surface area contributed by atoms with Gasteiger partial charge >= 0.3 is 0 Å². The molecule has 1 fully saturated rings. The van der Waals surface area contributed by atoms with E-state index in [0.717, 1.165) is 11.3 Å². The minimum atomic E-state index is -0.761. The number of quaternary nitrogens is 1. The molecule has 1 heterocycles. The van der Waals surface area contributed by atoms with Crippen molar-refractivity contribution in [1.29, 1.82) is 0 Å². The Morgan fingerprint density at radius 1 is 1.09 bits per heavy atom. The van der Waals surface area contributed by atoms with Gasteiger partial charge in [0.1, 0.15) is 11.5 Å². The Kier molecular flexibility index (Phi) is 8.34. The van der Waals surface area contributed by atoms with Gasteiger partial charge in [-0.1, -0.05) is 36.9 Å². The van der Waals surface area contributed by atoms with Crippen LogP contribution in [0.4, 0.5) is 0 Å². The number of likely N-dealkylation sites (N-methyl/N-ethyl adjacent to an activating group) is 1. The number of carbonyl (C=O) groups is 2. The molecule has 0 saturated carbocycles. The molecular weight excluding hydrogens is 432 g/mol. The van der Waals surface area contributed by atoms with Crippen LogP contribution >= 0.6 is 0 Å². The fraction of sp³-hybridized carbons (Fsp3) is 0.407. The van der Waals surface area contributed by atoms with E-state index in [0.29, 0.717) is 42.3 Å². The van der Waals surface area contributed by atoms with Crippen molar-refractivity contribution in [1.82, 2.24) is 4.90 Å². The summed E-state index contributed by atoms with van der Waals surface area (Å²) in [4.78, 5) is 28.8. The molecule has 3 rings (SSSR count). The topological polar surface area (TPSA) is 83.3 Å². The van der Waals surface area contributed by atoms with Gasteiger partial charge in [0.15, 0.2) is 0 Å². The van der Waals surface area contributed by atoms with E-state index in [1.165, 1.54) is 4.90 Å². The lowest BCUT2D eigenvalue weighted by Crippen LogP contribution is -3.06. The molecule has 1 N–H and O–H groups in total. The van der Waals surface area contributed by atoms with Crippen LogP contribution in [0.1, 0.15) is 44.4 Å². The maximum absolute atomic E-state index is 13.5. The highest BCUT2D eigenvalue weighted by Crippen LogP contribution is 2.39. The van der Waals surface area contributed by atoms with Crippen molar-refractivity contribution in [2.45, 2.75) is 39.3 Å². The fourth-order valence-corrected chi connectivity index (χ4v) is 3.90. The molecule has 34 heavy (non-hydrogen) atoms. The molecule has 7 nitrogen and oxygen atoms in total. The number of carbonyl (C=O) groups excluding carboxylic acids is 2. The van der Waals surface area contributed by atoms with Crippen LogP contribution in [0.15, 0.2) is 54.1 Å². The molecule has 0 aromatic heterocycles. The first-order valence-corrected chi connectivity index (χ1v) is 11.8. The first kappa shape index (κ1) is 25.3. The number of rotatable bonds is 10. The lowest BCUT2D eigenvalue weighted by Gasteiger charge is -2.28. The van der Waals surface area contributed by atoms with Crippen LogP contribution in [0.3, 0.4) is 0 Å². The Hall–Kier alpha value is -3.32. The van der Waals surface area contributed by atoms with Crippen LogP contribution in [0, 0.1) is 0 Å². The quantitative estimate of drug-likeness (QED) is 0.327. The van der Waals surface area contributed by atoms with Gasteiger partial charge in [-0.25, -0.2) is 0 Å². The van der Waals surface area contributed by atoms with Gasteiger partial charge in [-0.05, 0) is 55.7 Å². The van der Waals surface area contributed by atoms with Crippen molar-refractivity contribution >= 4 is 17.4 Å². The Labute approximate surface area is 201 Å². The van der Waals surface area contributed by atoms with Crippen LogP contribution in [-0.4, -0.2) is 56.5 Å². The van der Waals surface area contributed by atoms with Crippen molar-refractivity contribution in [2.75, 3.05) is 33.8 Å². The number of amides is 1. The van der Waals surface area contributed by atoms with E-state index < -0.39 is 23.5 Å². The van der Waals surface area contributed by atoms with Gasteiger partial charge in [0.2, 0.25) is 5.78 Å². The number of nitrogens with one attached hydrogen (secondary N) is 1. The molecule has 0 spiro atoms. The van der Waals surface area contributed by atoms with Crippen molar-refractivity contribution in [3.63, 3.8) is 0 Å². The summed E-state index contributed by atoms with van der Waals surface area (Å²) in [5.74, 6) is -0.552. The van der Waals surface area contributed by atoms with Crippen molar-refractivity contribution in [2.24, 2.45) is 0 Å². The normalized spacial score (nSPS) is 17.6. The van der Waals surface area contributed by atoms with Crippen molar-refractivity contribution in [3.05, 3.63) is 65.2 Å². The molecule has 7 heteroatoms. The van der Waals surface area contributed by atoms with E-state index in [1.54, 1.807) is 24.3 Å². The molecule has 1 aliphatic rings. The largest absolute Gasteiger partial charge is 0.872 e. The van der Waals surface area contributed by atoms with Crippen molar-refractivity contribution in [3.8, 4) is 11.5 Å². The third-order valence-electron chi connectivity index (χ3n) is 5.52. The predicted octanol–water partition coefficient (Wildman–Crippen LogP) is 1.63. The summed E-state index contributed by atoms with van der Waals surface area (Å²) in [5.41, 5.74) is 1.00. The number of likely N-dealkylation sites (tertiary alicyclic amines) is 1. The first-order valence-electron chi connectivity index (χ1n) is 11.8. The highest BCUT2D eigenvalue weighted by Gasteiger charge is 2.44. The van der Waals surface area contributed by atoms with Crippen LogP contribution in [-0.2, 0) is 9.59 Å². The maximum Gasteiger partial charge on any atom is 0.295 e. The molecule has 2 aromatic rings. The molecule has 1 saturated heterocycles. The zero-order chi connectivity index (χ0) is 24.8. The zero-order valence-corrected chi connectivity index (χ0v) is 20.6. The number of benzene rings is 2. The molecular formula is C27H34N2O5. The number of Topliss-reactive ketones (excluding diaryl/α,β-unsaturated/α-hetero) is 1. The molecule has 1 amide bonds. The molecule has 1 atom stereocenters. The van der Waals surface area contributed by atoms with E-state index >= 15 is 0 Å². The lowest BCUT2D eigenvalue weighted by molar-refractivity contribution is -0.857. The smallest absolute Gasteiger partial charge is 0.295 e. The van der Waals surface area contributed by atoms with Crippen LogP contribution < -0.4 is 19.5 Å². The third kappa shape index (κ3) is 5.78. The van der Waals surface area contributed by atoms with E-state index in [9.17, 15) is 14.7 Å². The maximum atomic E-state index is 13.5. The second kappa shape index (κ2) is 11.2. The average molecular weight is 467 g/mol. The predicted molar refractivity (Wildman–Crippen MR) is 128 cm³/mol. The van der Waals surface area contributed by atoms with Gasteiger partial charge in [-0.3, -0.25) is 9.59 Å². The van der Waals surface area contributed by atoms with Gasteiger partial charge in [0.05, 0.1) is 45.9 Å². The van der Waals surface area contributed by atoms with Crippen LogP contribution in [0.2, 0.25) is 0 Å². The number of hydrogen-bond acceptors (Lipinski definition) is 5. The van der Waals surface area contributed by atoms with Gasteiger partial charge in [-0.15, -0.1) is 0 Å². The summed E-state index contributed by atoms with van der Waals surface area (Å²) < 4.78 is 11.4. The highest BCUT2D eigenvalue weighted by molar-refractivity contribution is 6.46. The van der Waals surface area contributed by atoms with Gasteiger partial charge < -0.3 is 24.4 Å². The van der Waals surface area contributed by atoms with E-state index in [4.69, 9.17) is 9.47 Å². The monoisotopic (exact) mass is 466 g/mol. The molecule has 0 aliphatic carbocycles. The Balaban J connectivity index is 2.07. The summed E-state index contributed by atoms with van der Waals surface area (Å²) in [6, 6.07) is 13.2. The van der Waals surface area contributed by atoms with Crippen LogP contribution in [0.5, 0.6) is 11.5 Å². The molecule has 0 radical (unpaired) electrons. The molecule has 1 aliphatic heterocycles. The standard InChI is InChI=1S/C27H34N2O5/c1-6-16-33-22-9-7-8-20(17-22)24-23(26(31)27(32)29(24)15-14-28(4)5)25(30)19-10-12-21(13-11-19)34-18(2)3/h7-13,17-18,24,30H,6,14-16H2,1-5H3. The van der Waals surface area contributed by atoms with Gasteiger partial charge in [0, 0.05) is 5.57 Å². The van der Waals surface area contributed by atoms with Crippen LogP contribution in [0.25, 0.3) is 5.76 Å². The number of ketones is 1. The summed E-state index contributed by atoms with van der Waals surface area (Å²) in [7, 11) is 3.96. The molecule has 0 bridgehead atoms. The number of hydrogen-bond donors (Lipinski definition) is 1. The first-order chi connectivity index (χ1) is 16.2. The number of ether oxygens (including phenoxy) is 2. The van der Waals surface area contributed by atoms with Crippen molar-refractivity contribution < 1.29 is 29.1 Å². The summed E-state index contributed by atoms with van der Waals surface area (Å²) in [5, 5.41) is 13.5. The minimum Gasteiger partial charge on any atom is -0.872 e. The zero-order valence-electron chi connectivity index (χ0n) is 20.6. The SMILES string of the molecule is CCCOc1cccc(C2C(=C([O-])c3ccc(OC(C)C)cc3)C(=O)C(=O)N2CC[NH+](C)C)c1. The second-order valence-corrected chi connectivity index (χ2v) is 9.04. The second-order valence-electron chi connectivity index (χ2n) is 9.04. The lowest BCUT2D eigenvalue weighted by atomic mass is 9.95. The molecule has 182 valence electrons. The van der Waals surface area contributed by atoms with Gasteiger partial charge in [0.25, 0.3) is 5.91 Å². The van der Waals surface area contributed by atoms with E-state index in [2.05, 4.69) is 0 Å². The fourth-order valence-electron chi connectivity index (χ4n) is 3.90. The molecule has 2 aromatic carbocycles. The Bertz CT molecular complexity index is 1040. The van der Waals surface area contributed by atoms with E-state index in [1.807, 2.05) is 59.1 Å². The Morgan fingerprint density at radius 3 is 2.41 bits per heavy atom. The third-order valence-corrected chi connectivity index (χ3v) is 5.52. The summed E-state index contributed by atoms with van der Waals surface area (Å²) in [6.07, 6.45) is 0.860. The van der Waals surface area contributed by atoms with E-state index in [-0.39, 0.29) is 11.7 Å². The highest BCUT2D eigenvalue weighted by atomic mass is 16.5. The summed E-state index contributed by atoms with van der Waals surface area (Å²) in [6.45, 7) is 7.42. The minimum absolute atomic E-state index is 0.00364.